The molecular formula is C23H30N6O2. The molecule has 0 unspecified atom stereocenters. The largest absolute Gasteiger partial charge is 0.444 e. The van der Waals surface area contributed by atoms with Gasteiger partial charge in [-0.2, -0.15) is 0 Å². The summed E-state index contributed by atoms with van der Waals surface area (Å²) in [5.74, 6) is 3.73. The number of aromatic amines is 1. The minimum Gasteiger partial charge on any atom is -0.444 e. The molecule has 2 N–H and O–H groups in total. The molecule has 8 nitrogen and oxygen atoms in total. The van der Waals surface area contributed by atoms with Crippen LogP contribution < -0.4 is 10.9 Å². The third kappa shape index (κ3) is 5.02. The summed E-state index contributed by atoms with van der Waals surface area (Å²) in [6.45, 7) is 11.3. The van der Waals surface area contributed by atoms with Crippen molar-refractivity contribution in [1.29, 1.82) is 0 Å². The average Bonchev–Trinajstić information content (AvgIpc) is 3.08. The minimum absolute atomic E-state index is 0.107. The summed E-state index contributed by atoms with van der Waals surface area (Å²) in [5, 5.41) is 3.45. The van der Waals surface area contributed by atoms with Crippen LogP contribution >= 0.6 is 0 Å². The first-order chi connectivity index (χ1) is 14.9. The molecule has 8 heteroatoms. The van der Waals surface area contributed by atoms with E-state index in [1.165, 1.54) is 0 Å². The predicted molar refractivity (Wildman–Crippen MR) is 120 cm³/mol. The molecule has 0 atom stereocenters. The monoisotopic (exact) mass is 422 g/mol. The molecule has 0 amide bonds. The van der Waals surface area contributed by atoms with Gasteiger partial charge in [-0.1, -0.05) is 0 Å². The lowest BCUT2D eigenvalue weighted by molar-refractivity contribution is 0.167. The molecule has 4 heterocycles. The van der Waals surface area contributed by atoms with Crippen molar-refractivity contribution >= 4 is 5.82 Å². The van der Waals surface area contributed by atoms with E-state index in [1.54, 1.807) is 13.1 Å². The molecule has 164 valence electrons. The number of nitrogens with one attached hydrogen (secondary N) is 2. The quantitative estimate of drug-likeness (QED) is 0.628. The van der Waals surface area contributed by atoms with Gasteiger partial charge in [0.25, 0.3) is 5.56 Å². The Morgan fingerprint density at radius 3 is 2.52 bits per heavy atom. The van der Waals surface area contributed by atoms with E-state index in [9.17, 15) is 4.79 Å². The molecule has 3 aromatic rings. The molecule has 1 saturated heterocycles. The van der Waals surface area contributed by atoms with Crippen molar-refractivity contribution in [3.05, 3.63) is 57.3 Å². The van der Waals surface area contributed by atoms with Gasteiger partial charge in [-0.15, -0.1) is 0 Å². The van der Waals surface area contributed by atoms with Gasteiger partial charge in [-0.25, -0.2) is 15.0 Å². The maximum absolute atomic E-state index is 12.0. The van der Waals surface area contributed by atoms with E-state index in [0.29, 0.717) is 17.3 Å². The van der Waals surface area contributed by atoms with Gasteiger partial charge in [0.15, 0.2) is 0 Å². The average molecular weight is 423 g/mol. The van der Waals surface area contributed by atoms with E-state index in [2.05, 4.69) is 30.2 Å². The number of aromatic nitrogens is 4. The lowest BCUT2D eigenvalue weighted by Gasteiger charge is -2.31. The summed E-state index contributed by atoms with van der Waals surface area (Å²) in [7, 11) is 0. The lowest BCUT2D eigenvalue weighted by Crippen LogP contribution is -2.35. The van der Waals surface area contributed by atoms with Crippen molar-refractivity contribution in [3.63, 3.8) is 0 Å². The van der Waals surface area contributed by atoms with Crippen molar-refractivity contribution in [3.8, 4) is 11.4 Å². The number of H-pyrrole nitrogens is 1. The lowest BCUT2D eigenvalue weighted by atomic mass is 9.97. The summed E-state index contributed by atoms with van der Waals surface area (Å²) in [5.41, 5.74) is 3.06. The first kappa shape index (κ1) is 21.2. The highest BCUT2D eigenvalue weighted by Crippen LogP contribution is 2.21. The molecule has 0 spiro atoms. The molecule has 3 aromatic heterocycles. The number of hydrogen-bond donors (Lipinski definition) is 2. The highest BCUT2D eigenvalue weighted by Gasteiger charge is 2.21. The number of rotatable bonds is 6. The van der Waals surface area contributed by atoms with Crippen LogP contribution in [0.25, 0.3) is 11.4 Å². The zero-order valence-electron chi connectivity index (χ0n) is 18.7. The molecule has 1 aliphatic rings. The number of likely N-dealkylation sites (tertiary alicyclic amines) is 1. The molecule has 0 radical (unpaired) electrons. The molecule has 0 saturated carbocycles. The van der Waals surface area contributed by atoms with Crippen LogP contribution in [0.1, 0.15) is 41.4 Å². The van der Waals surface area contributed by atoms with Crippen LogP contribution in [0.5, 0.6) is 0 Å². The topological polar surface area (TPSA) is 99.9 Å². The fourth-order valence-electron chi connectivity index (χ4n) is 3.82. The minimum atomic E-state index is -0.107. The number of nitrogens with zero attached hydrogens (tertiary/aromatic N) is 4. The molecule has 0 aromatic carbocycles. The van der Waals surface area contributed by atoms with Crippen molar-refractivity contribution in [2.75, 3.05) is 25.0 Å². The zero-order chi connectivity index (χ0) is 22.0. The fourth-order valence-corrected chi connectivity index (χ4v) is 3.82. The van der Waals surface area contributed by atoms with Crippen LogP contribution in [0.15, 0.2) is 27.5 Å². The van der Waals surface area contributed by atoms with E-state index < -0.39 is 0 Å². The SMILES string of the molecule is Cc1nc(CN2CCC(CNc3ccc(-c4nc(C)c(C)c(=O)[nH]4)cn3)CC2)oc1C. The van der Waals surface area contributed by atoms with Crippen LogP contribution in [0.2, 0.25) is 0 Å². The van der Waals surface area contributed by atoms with E-state index in [4.69, 9.17) is 4.42 Å². The van der Waals surface area contributed by atoms with Gasteiger partial charge in [0, 0.05) is 29.6 Å². The van der Waals surface area contributed by atoms with Crippen LogP contribution in [0, 0.1) is 33.6 Å². The molecule has 31 heavy (non-hydrogen) atoms. The van der Waals surface area contributed by atoms with Gasteiger partial charge in [0.2, 0.25) is 5.89 Å². The van der Waals surface area contributed by atoms with E-state index >= 15 is 0 Å². The number of oxazole rings is 1. The fraction of sp³-hybridized carbons (Fsp3) is 0.478. The van der Waals surface area contributed by atoms with Crippen molar-refractivity contribution < 1.29 is 4.42 Å². The van der Waals surface area contributed by atoms with Crippen molar-refractivity contribution in [2.24, 2.45) is 5.92 Å². The van der Waals surface area contributed by atoms with E-state index in [0.717, 1.165) is 73.4 Å². The Morgan fingerprint density at radius 1 is 1.13 bits per heavy atom. The Balaban J connectivity index is 1.27. The molecule has 1 aliphatic heterocycles. The zero-order valence-corrected chi connectivity index (χ0v) is 18.7. The van der Waals surface area contributed by atoms with Gasteiger partial charge in [-0.05, 0) is 71.7 Å². The molecule has 0 bridgehead atoms. The summed E-state index contributed by atoms with van der Waals surface area (Å²) >= 11 is 0. The maximum atomic E-state index is 12.0. The standard InChI is InChI=1S/C23H30N6O2/c1-14-15(2)27-22(28-23(14)30)19-5-6-20(25-12-19)24-11-18-7-9-29(10-8-18)13-21-26-16(3)17(4)31-21/h5-6,12,18H,7-11,13H2,1-4H3,(H,24,25)(H,27,28,30). The maximum Gasteiger partial charge on any atom is 0.254 e. The summed E-state index contributed by atoms with van der Waals surface area (Å²) in [6, 6.07) is 3.87. The number of piperidine rings is 1. The second-order valence-electron chi connectivity index (χ2n) is 8.41. The summed E-state index contributed by atoms with van der Waals surface area (Å²) < 4.78 is 5.71. The Morgan fingerprint density at radius 2 is 1.90 bits per heavy atom. The van der Waals surface area contributed by atoms with Crippen LogP contribution in [0.3, 0.4) is 0 Å². The Labute approximate surface area is 182 Å². The predicted octanol–water partition coefficient (Wildman–Crippen LogP) is 3.38. The van der Waals surface area contributed by atoms with Crippen molar-refractivity contribution in [2.45, 2.75) is 47.1 Å². The summed E-state index contributed by atoms with van der Waals surface area (Å²) in [4.78, 5) is 30.7. The number of pyridine rings is 1. The smallest absolute Gasteiger partial charge is 0.254 e. The van der Waals surface area contributed by atoms with Crippen LogP contribution in [0.4, 0.5) is 5.82 Å². The first-order valence-corrected chi connectivity index (χ1v) is 10.8. The van der Waals surface area contributed by atoms with E-state index in [1.807, 2.05) is 32.9 Å². The molecular weight excluding hydrogens is 392 g/mol. The molecule has 4 rings (SSSR count). The number of anilines is 1. The Kier molecular flexibility index (Phi) is 6.18. The second kappa shape index (κ2) is 9.01. The van der Waals surface area contributed by atoms with Crippen LogP contribution in [-0.2, 0) is 6.54 Å². The third-order valence-corrected chi connectivity index (χ3v) is 6.14. The Bertz CT molecular complexity index is 1070. The highest BCUT2D eigenvalue weighted by molar-refractivity contribution is 5.56. The van der Waals surface area contributed by atoms with Crippen molar-refractivity contribution in [1.82, 2.24) is 24.8 Å². The van der Waals surface area contributed by atoms with Gasteiger partial charge in [0.1, 0.15) is 17.4 Å². The molecule has 1 fully saturated rings. The van der Waals surface area contributed by atoms with Gasteiger partial charge in [-0.3, -0.25) is 9.69 Å². The summed E-state index contributed by atoms with van der Waals surface area (Å²) in [6.07, 6.45) is 4.02. The normalized spacial score (nSPS) is 15.4. The second-order valence-corrected chi connectivity index (χ2v) is 8.41. The third-order valence-electron chi connectivity index (χ3n) is 6.14. The van der Waals surface area contributed by atoms with Gasteiger partial charge < -0.3 is 14.7 Å². The Hall–Kier alpha value is -3.00. The number of aryl methyl sites for hydroxylation is 3. The number of hydrogen-bond acceptors (Lipinski definition) is 7. The first-order valence-electron chi connectivity index (χ1n) is 10.8. The van der Waals surface area contributed by atoms with E-state index in [-0.39, 0.29) is 5.56 Å². The van der Waals surface area contributed by atoms with Crippen LogP contribution in [-0.4, -0.2) is 44.5 Å². The molecule has 0 aliphatic carbocycles. The highest BCUT2D eigenvalue weighted by atomic mass is 16.4. The van der Waals surface area contributed by atoms with Gasteiger partial charge in [0.05, 0.1) is 12.2 Å². The van der Waals surface area contributed by atoms with Gasteiger partial charge >= 0.3 is 0 Å².